The number of amidine groups is 1. The molecule has 5 nitrogen and oxygen atoms in total. The molecule has 3 rings (SSSR count). The van der Waals surface area contributed by atoms with Crippen molar-refractivity contribution in [3.05, 3.63) is 41.6 Å². The molecule has 0 saturated carbocycles. The van der Waals surface area contributed by atoms with E-state index in [-0.39, 0.29) is 5.41 Å². The van der Waals surface area contributed by atoms with Crippen LogP contribution >= 0.6 is 0 Å². The van der Waals surface area contributed by atoms with E-state index in [0.29, 0.717) is 6.54 Å². The summed E-state index contributed by atoms with van der Waals surface area (Å²) in [4.78, 5) is 4.62. The number of hydrogen-bond acceptors (Lipinski definition) is 4. The molecule has 5 heteroatoms. The molecule has 1 aliphatic rings. The van der Waals surface area contributed by atoms with Crippen LogP contribution in [0, 0.1) is 5.41 Å². The average Bonchev–Trinajstić information content (AvgIpc) is 2.89. The minimum atomic E-state index is 0.00685. The van der Waals surface area contributed by atoms with Crippen molar-refractivity contribution in [1.82, 2.24) is 9.78 Å². The average molecular weight is 298 g/mol. The Kier molecular flexibility index (Phi) is 3.64. The Morgan fingerprint density at radius 1 is 1.23 bits per heavy atom. The van der Waals surface area contributed by atoms with Crippen molar-refractivity contribution < 1.29 is 4.74 Å². The largest absolute Gasteiger partial charge is 0.497 e. The molecule has 2 heterocycles. The van der Waals surface area contributed by atoms with Gasteiger partial charge in [0.1, 0.15) is 17.4 Å². The molecule has 0 atom stereocenters. The van der Waals surface area contributed by atoms with Crippen LogP contribution in [0.2, 0.25) is 0 Å². The van der Waals surface area contributed by atoms with Gasteiger partial charge in [-0.1, -0.05) is 32.9 Å². The Balaban J connectivity index is 1.82. The number of aliphatic imine (C=N–C) groups is 1. The van der Waals surface area contributed by atoms with Crippen molar-refractivity contribution in [2.24, 2.45) is 10.4 Å². The van der Waals surface area contributed by atoms with Crippen LogP contribution in [0.4, 0.5) is 5.82 Å². The van der Waals surface area contributed by atoms with E-state index in [0.717, 1.165) is 29.5 Å². The summed E-state index contributed by atoms with van der Waals surface area (Å²) in [6.07, 6.45) is 1.90. The fraction of sp³-hybridized carbons (Fsp3) is 0.412. The molecule has 1 aromatic heterocycles. The maximum absolute atomic E-state index is 5.20. The summed E-state index contributed by atoms with van der Waals surface area (Å²) in [7, 11) is 1.68. The smallest absolute Gasteiger partial charge is 0.135 e. The van der Waals surface area contributed by atoms with Crippen LogP contribution in [-0.2, 0) is 13.1 Å². The molecule has 116 valence electrons. The summed E-state index contributed by atoms with van der Waals surface area (Å²) in [6.45, 7) is 7.90. The summed E-state index contributed by atoms with van der Waals surface area (Å²) in [5.41, 5.74) is 2.34. The maximum Gasteiger partial charge on any atom is 0.135 e. The topological polar surface area (TPSA) is 51.4 Å². The fourth-order valence-corrected chi connectivity index (χ4v) is 2.45. The zero-order chi connectivity index (χ0) is 15.7. The summed E-state index contributed by atoms with van der Waals surface area (Å²) in [5, 5.41) is 7.96. The number of aromatic nitrogens is 2. The van der Waals surface area contributed by atoms with Gasteiger partial charge in [-0.3, -0.25) is 4.99 Å². The molecular weight excluding hydrogens is 276 g/mol. The molecule has 0 spiro atoms. The molecule has 0 radical (unpaired) electrons. The molecule has 2 aromatic rings. The molecule has 1 aromatic carbocycles. The third-order valence-corrected chi connectivity index (χ3v) is 3.76. The second-order valence-electron chi connectivity index (χ2n) is 6.56. The highest BCUT2D eigenvalue weighted by Crippen LogP contribution is 2.27. The second-order valence-corrected chi connectivity index (χ2v) is 6.56. The monoisotopic (exact) mass is 298 g/mol. The minimum absolute atomic E-state index is 0.00685. The van der Waals surface area contributed by atoms with Gasteiger partial charge in [0.25, 0.3) is 0 Å². The van der Waals surface area contributed by atoms with Crippen LogP contribution < -0.4 is 10.1 Å². The fourth-order valence-electron chi connectivity index (χ4n) is 2.45. The van der Waals surface area contributed by atoms with Crippen molar-refractivity contribution in [2.45, 2.75) is 33.9 Å². The first-order chi connectivity index (χ1) is 10.5. The highest BCUT2D eigenvalue weighted by atomic mass is 16.5. The number of ether oxygens (including phenoxy) is 1. The minimum Gasteiger partial charge on any atom is -0.497 e. The van der Waals surface area contributed by atoms with Crippen LogP contribution in [0.1, 0.15) is 31.9 Å². The van der Waals surface area contributed by atoms with Gasteiger partial charge in [0.05, 0.1) is 26.4 Å². The first-order valence-corrected chi connectivity index (χ1v) is 7.47. The lowest BCUT2D eigenvalue weighted by Gasteiger charge is -2.26. The molecular formula is C17H22N4O. The highest BCUT2D eigenvalue weighted by molar-refractivity contribution is 6.00. The van der Waals surface area contributed by atoms with Gasteiger partial charge in [-0.2, -0.15) is 5.10 Å². The molecule has 0 unspecified atom stereocenters. The van der Waals surface area contributed by atoms with Crippen LogP contribution in [0.5, 0.6) is 5.75 Å². The predicted octanol–water partition coefficient (Wildman–Crippen LogP) is 3.31. The van der Waals surface area contributed by atoms with Gasteiger partial charge < -0.3 is 10.1 Å². The van der Waals surface area contributed by atoms with E-state index in [2.05, 4.69) is 48.3 Å². The third-order valence-electron chi connectivity index (χ3n) is 3.76. The number of rotatable bonds is 3. The van der Waals surface area contributed by atoms with Gasteiger partial charge in [0.2, 0.25) is 0 Å². The summed E-state index contributed by atoms with van der Waals surface area (Å²) < 4.78 is 7.19. The normalized spacial score (nSPS) is 14.1. The lowest BCUT2D eigenvalue weighted by atomic mass is 9.94. The number of fused-ring (bicyclic) bond motifs is 1. The quantitative estimate of drug-likeness (QED) is 0.946. The molecule has 0 amide bonds. The van der Waals surface area contributed by atoms with E-state index in [1.54, 1.807) is 7.11 Å². The summed E-state index contributed by atoms with van der Waals surface area (Å²) in [6, 6.07) is 8.07. The van der Waals surface area contributed by atoms with E-state index in [1.165, 1.54) is 5.56 Å². The molecule has 0 saturated heterocycles. The van der Waals surface area contributed by atoms with Gasteiger partial charge in [-0.25, -0.2) is 4.68 Å². The molecule has 1 aliphatic heterocycles. The zero-order valence-electron chi connectivity index (χ0n) is 13.6. The number of methoxy groups -OCH3 is 1. The van der Waals surface area contributed by atoms with Crippen molar-refractivity contribution in [3.63, 3.8) is 0 Å². The number of nitrogens with one attached hydrogen (secondary N) is 1. The first-order valence-electron chi connectivity index (χ1n) is 7.47. The van der Waals surface area contributed by atoms with Gasteiger partial charge in [0, 0.05) is 11.0 Å². The predicted molar refractivity (Wildman–Crippen MR) is 88.5 cm³/mol. The van der Waals surface area contributed by atoms with Crippen LogP contribution in [0.15, 0.2) is 35.5 Å². The van der Waals surface area contributed by atoms with Crippen molar-refractivity contribution >= 4 is 11.7 Å². The standard InChI is InChI=1S/C17H22N4O/c1-17(2,3)16-18-9-13-10-19-21(15(13)20-16)11-12-5-7-14(22-4)8-6-12/h5-8,10H,9,11H2,1-4H3,(H,18,20). The molecule has 0 fully saturated rings. The van der Waals surface area contributed by atoms with E-state index in [9.17, 15) is 0 Å². The van der Waals surface area contributed by atoms with Crippen LogP contribution in [-0.4, -0.2) is 22.7 Å². The second kappa shape index (κ2) is 5.48. The van der Waals surface area contributed by atoms with Gasteiger partial charge >= 0.3 is 0 Å². The summed E-state index contributed by atoms with van der Waals surface area (Å²) in [5.74, 6) is 2.93. The maximum atomic E-state index is 5.20. The number of benzene rings is 1. The van der Waals surface area contributed by atoms with E-state index in [1.807, 2.05) is 23.0 Å². The van der Waals surface area contributed by atoms with E-state index >= 15 is 0 Å². The van der Waals surface area contributed by atoms with E-state index < -0.39 is 0 Å². The zero-order valence-corrected chi connectivity index (χ0v) is 13.6. The van der Waals surface area contributed by atoms with Crippen LogP contribution in [0.3, 0.4) is 0 Å². The Morgan fingerprint density at radius 2 is 1.95 bits per heavy atom. The molecule has 1 N–H and O–H groups in total. The third kappa shape index (κ3) is 2.84. The van der Waals surface area contributed by atoms with E-state index in [4.69, 9.17) is 4.74 Å². The van der Waals surface area contributed by atoms with Gasteiger partial charge in [-0.15, -0.1) is 0 Å². The molecule has 0 bridgehead atoms. The van der Waals surface area contributed by atoms with Gasteiger partial charge in [0.15, 0.2) is 0 Å². The number of hydrogen-bond donors (Lipinski definition) is 1. The molecule has 0 aliphatic carbocycles. The Hall–Kier alpha value is -2.30. The Bertz CT molecular complexity index is 692. The number of anilines is 1. The lowest BCUT2D eigenvalue weighted by molar-refractivity contribution is 0.414. The SMILES string of the molecule is COc1ccc(Cn2ncc3c2NC(C(C)(C)C)=NC3)cc1. The summed E-state index contributed by atoms with van der Waals surface area (Å²) >= 11 is 0. The Labute approximate surface area is 131 Å². The number of nitrogens with zero attached hydrogens (tertiary/aromatic N) is 3. The van der Waals surface area contributed by atoms with Gasteiger partial charge in [-0.05, 0) is 17.7 Å². The lowest BCUT2D eigenvalue weighted by Crippen LogP contribution is -2.31. The first kappa shape index (κ1) is 14.6. The van der Waals surface area contributed by atoms with Crippen molar-refractivity contribution in [1.29, 1.82) is 0 Å². The van der Waals surface area contributed by atoms with Crippen LogP contribution in [0.25, 0.3) is 0 Å². The highest BCUT2D eigenvalue weighted by Gasteiger charge is 2.25. The molecule has 22 heavy (non-hydrogen) atoms. The van der Waals surface area contributed by atoms with Crippen molar-refractivity contribution in [3.8, 4) is 5.75 Å². The van der Waals surface area contributed by atoms with Crippen molar-refractivity contribution in [2.75, 3.05) is 12.4 Å². The Morgan fingerprint density at radius 3 is 2.59 bits per heavy atom.